The van der Waals surface area contributed by atoms with Crippen molar-refractivity contribution in [2.75, 3.05) is 6.54 Å². The predicted molar refractivity (Wildman–Crippen MR) is 80.1 cm³/mol. The first kappa shape index (κ1) is 17.1. The van der Waals surface area contributed by atoms with Crippen LogP contribution in [-0.4, -0.2) is 29.2 Å². The first-order valence-electron chi connectivity index (χ1n) is 8.12. The lowest BCUT2D eigenvalue weighted by Crippen LogP contribution is -2.62. The molecular weight excluding hydrogens is 275 g/mol. The van der Waals surface area contributed by atoms with Gasteiger partial charge in [-0.05, 0) is 64.3 Å². The van der Waals surface area contributed by atoms with E-state index >= 15 is 0 Å². The minimum atomic E-state index is -4.07. The molecule has 2 fully saturated rings. The number of piperidine rings is 1. The molecule has 1 aliphatic carbocycles. The van der Waals surface area contributed by atoms with E-state index in [0.29, 0.717) is 6.54 Å². The molecule has 1 aliphatic heterocycles. The van der Waals surface area contributed by atoms with Crippen LogP contribution in [0.1, 0.15) is 67.2 Å². The molecule has 1 heterocycles. The van der Waals surface area contributed by atoms with Crippen LogP contribution in [0.2, 0.25) is 0 Å². The molecule has 2 rings (SSSR count). The Bertz CT molecular complexity index is 384. The average molecular weight is 305 g/mol. The van der Waals surface area contributed by atoms with Gasteiger partial charge < -0.3 is 0 Å². The molecule has 124 valence electrons. The van der Waals surface area contributed by atoms with Crippen LogP contribution in [0.25, 0.3) is 0 Å². The van der Waals surface area contributed by atoms with Crippen LogP contribution in [0, 0.1) is 16.7 Å². The lowest BCUT2D eigenvalue weighted by molar-refractivity contribution is -0.259. The average Bonchev–Trinajstić information content (AvgIpc) is 3.07. The molecule has 1 saturated carbocycles. The molecule has 0 aromatic carbocycles. The van der Waals surface area contributed by atoms with Crippen LogP contribution < -0.4 is 0 Å². The molecule has 0 radical (unpaired) electrons. The summed E-state index contributed by atoms with van der Waals surface area (Å²) in [7, 11) is 0. The molecule has 2 atom stereocenters. The Morgan fingerprint density at radius 1 is 0.952 bits per heavy atom. The molecule has 0 spiro atoms. The van der Waals surface area contributed by atoms with E-state index in [4.69, 9.17) is 0 Å². The summed E-state index contributed by atoms with van der Waals surface area (Å²) in [5.41, 5.74) is -1.66. The summed E-state index contributed by atoms with van der Waals surface area (Å²) in [4.78, 5) is 2.30. The van der Waals surface area contributed by atoms with Crippen molar-refractivity contribution >= 4 is 0 Å². The summed E-state index contributed by atoms with van der Waals surface area (Å²) < 4.78 is 41.6. The van der Waals surface area contributed by atoms with Gasteiger partial charge in [0.15, 0.2) is 0 Å². The van der Waals surface area contributed by atoms with E-state index in [1.165, 1.54) is 0 Å². The highest BCUT2D eigenvalue weighted by atomic mass is 19.4. The molecule has 4 heteroatoms. The standard InChI is InChI=1S/C17H30F3N/c1-14(2,3)13-11-16(12-7-8-12,17(18,19)20)9-10-21(13)15(4,5)6/h12-13H,7-11H2,1-6H3. The lowest BCUT2D eigenvalue weighted by Gasteiger charge is -2.56. The van der Waals surface area contributed by atoms with Gasteiger partial charge in [0.25, 0.3) is 0 Å². The van der Waals surface area contributed by atoms with Crippen molar-refractivity contribution in [2.24, 2.45) is 16.7 Å². The molecular formula is C17H30F3N. The second-order valence-corrected chi connectivity index (χ2v) is 9.13. The van der Waals surface area contributed by atoms with Crippen LogP contribution in [-0.2, 0) is 0 Å². The Balaban J connectivity index is 2.36. The SMILES string of the molecule is CC(C)(C)C1CC(C2CC2)(C(F)(F)F)CCN1C(C)(C)C. The summed E-state index contributed by atoms with van der Waals surface area (Å²) in [5.74, 6) is -0.135. The second-order valence-electron chi connectivity index (χ2n) is 9.13. The van der Waals surface area contributed by atoms with Gasteiger partial charge in [0.05, 0.1) is 5.41 Å². The minimum Gasteiger partial charge on any atom is -0.295 e. The fraction of sp³-hybridized carbons (Fsp3) is 1.00. The number of hydrogen-bond acceptors (Lipinski definition) is 1. The smallest absolute Gasteiger partial charge is 0.295 e. The van der Waals surface area contributed by atoms with E-state index in [-0.39, 0.29) is 35.8 Å². The molecule has 0 N–H and O–H groups in total. The van der Waals surface area contributed by atoms with Gasteiger partial charge in [0.2, 0.25) is 0 Å². The molecule has 21 heavy (non-hydrogen) atoms. The minimum absolute atomic E-state index is 0.0199. The van der Waals surface area contributed by atoms with Crippen molar-refractivity contribution in [1.82, 2.24) is 4.90 Å². The topological polar surface area (TPSA) is 3.24 Å². The molecule has 2 aliphatic rings. The third-order valence-electron chi connectivity index (χ3n) is 5.52. The fourth-order valence-corrected chi connectivity index (χ4v) is 4.11. The zero-order valence-corrected chi connectivity index (χ0v) is 14.3. The van der Waals surface area contributed by atoms with Gasteiger partial charge in [0, 0.05) is 11.6 Å². The van der Waals surface area contributed by atoms with Gasteiger partial charge in [-0.3, -0.25) is 4.90 Å². The molecule has 0 bridgehead atoms. The number of rotatable bonds is 1. The Morgan fingerprint density at radius 2 is 1.48 bits per heavy atom. The van der Waals surface area contributed by atoms with Crippen molar-refractivity contribution in [1.29, 1.82) is 0 Å². The van der Waals surface area contributed by atoms with Gasteiger partial charge in [-0.15, -0.1) is 0 Å². The van der Waals surface area contributed by atoms with E-state index in [0.717, 1.165) is 12.8 Å². The van der Waals surface area contributed by atoms with Crippen LogP contribution in [0.5, 0.6) is 0 Å². The van der Waals surface area contributed by atoms with Crippen molar-refractivity contribution < 1.29 is 13.2 Å². The number of halogens is 3. The third kappa shape index (κ3) is 3.11. The second kappa shape index (κ2) is 4.87. The van der Waals surface area contributed by atoms with Crippen molar-refractivity contribution in [3.05, 3.63) is 0 Å². The van der Waals surface area contributed by atoms with E-state index in [1.807, 2.05) is 0 Å². The monoisotopic (exact) mass is 305 g/mol. The zero-order chi connectivity index (χ0) is 16.3. The zero-order valence-electron chi connectivity index (χ0n) is 14.3. The number of likely N-dealkylation sites (tertiary alicyclic amines) is 1. The summed E-state index contributed by atoms with van der Waals surface area (Å²) in [6.07, 6.45) is -2.02. The maximum atomic E-state index is 13.9. The highest BCUT2D eigenvalue weighted by Crippen LogP contribution is 2.62. The van der Waals surface area contributed by atoms with Gasteiger partial charge in [-0.2, -0.15) is 13.2 Å². The molecule has 0 aromatic heterocycles. The van der Waals surface area contributed by atoms with Crippen molar-refractivity contribution in [3.63, 3.8) is 0 Å². The first-order valence-corrected chi connectivity index (χ1v) is 8.12. The van der Waals surface area contributed by atoms with Crippen molar-refractivity contribution in [2.45, 2.75) is 85.0 Å². The van der Waals surface area contributed by atoms with E-state index < -0.39 is 11.6 Å². The highest BCUT2D eigenvalue weighted by Gasteiger charge is 2.65. The first-order chi connectivity index (χ1) is 9.29. The Morgan fingerprint density at radius 3 is 1.81 bits per heavy atom. The predicted octanol–water partition coefficient (Wildman–Crippen LogP) is 5.25. The number of nitrogens with zero attached hydrogens (tertiary/aromatic N) is 1. The fourth-order valence-electron chi connectivity index (χ4n) is 4.11. The van der Waals surface area contributed by atoms with Crippen LogP contribution >= 0.6 is 0 Å². The molecule has 0 aromatic rings. The summed E-state index contributed by atoms with van der Waals surface area (Å²) in [6, 6.07) is -0.0199. The summed E-state index contributed by atoms with van der Waals surface area (Å²) in [5, 5.41) is 0. The number of hydrogen-bond donors (Lipinski definition) is 0. The molecule has 1 nitrogen and oxygen atoms in total. The Kier molecular flexibility index (Phi) is 3.97. The van der Waals surface area contributed by atoms with Crippen LogP contribution in [0.4, 0.5) is 13.2 Å². The van der Waals surface area contributed by atoms with Crippen LogP contribution in [0.15, 0.2) is 0 Å². The number of alkyl halides is 3. The quantitative estimate of drug-likeness (QED) is 0.639. The largest absolute Gasteiger partial charge is 0.394 e. The third-order valence-corrected chi connectivity index (χ3v) is 5.52. The van der Waals surface area contributed by atoms with Gasteiger partial charge >= 0.3 is 6.18 Å². The highest BCUT2D eigenvalue weighted by molar-refractivity contribution is 5.07. The maximum Gasteiger partial charge on any atom is 0.394 e. The summed E-state index contributed by atoms with van der Waals surface area (Å²) >= 11 is 0. The molecule has 2 unspecified atom stereocenters. The van der Waals surface area contributed by atoms with E-state index in [2.05, 4.69) is 46.4 Å². The molecule has 0 amide bonds. The van der Waals surface area contributed by atoms with Crippen molar-refractivity contribution in [3.8, 4) is 0 Å². The Hall–Kier alpha value is -0.250. The van der Waals surface area contributed by atoms with Gasteiger partial charge in [0.1, 0.15) is 0 Å². The Labute approximate surface area is 127 Å². The van der Waals surface area contributed by atoms with E-state index in [1.54, 1.807) is 0 Å². The normalized spacial score (nSPS) is 33.3. The maximum absolute atomic E-state index is 13.9. The van der Waals surface area contributed by atoms with Gasteiger partial charge in [-0.25, -0.2) is 0 Å². The van der Waals surface area contributed by atoms with Crippen LogP contribution in [0.3, 0.4) is 0 Å². The van der Waals surface area contributed by atoms with Gasteiger partial charge in [-0.1, -0.05) is 20.8 Å². The summed E-state index contributed by atoms with van der Waals surface area (Å²) in [6.45, 7) is 13.1. The molecule has 1 saturated heterocycles. The van der Waals surface area contributed by atoms with E-state index in [9.17, 15) is 13.2 Å². The lowest BCUT2D eigenvalue weighted by atomic mass is 9.65.